The molecular formula is C19H28O4. The third kappa shape index (κ3) is 3.92. The van der Waals surface area contributed by atoms with Gasteiger partial charge in [-0.25, -0.2) is 0 Å². The number of hydrogen-bond acceptors (Lipinski definition) is 4. The van der Waals surface area contributed by atoms with E-state index in [0.717, 1.165) is 6.42 Å². The van der Waals surface area contributed by atoms with Crippen LogP contribution in [-0.2, 0) is 19.1 Å². The van der Waals surface area contributed by atoms with Crippen LogP contribution < -0.4 is 0 Å². The standard InChI is InChI=1S/C19H28O4/c1-11(2)9-12(3)10-19(5,6)14-13(4)15(20)17(22-7)18(23-8)16(14)21/h10-11H,9H2,1-8H3/b12-10+. The Morgan fingerprint density at radius 2 is 1.57 bits per heavy atom. The van der Waals surface area contributed by atoms with Crippen molar-refractivity contribution in [1.29, 1.82) is 0 Å². The Hall–Kier alpha value is -1.84. The number of allylic oxidation sites excluding steroid dienone is 4. The summed E-state index contributed by atoms with van der Waals surface area (Å²) in [6.07, 6.45) is 3.02. The van der Waals surface area contributed by atoms with Crippen molar-refractivity contribution in [2.24, 2.45) is 11.3 Å². The lowest BCUT2D eigenvalue weighted by Crippen LogP contribution is -2.31. The average Bonchev–Trinajstić information content (AvgIpc) is 2.40. The lowest BCUT2D eigenvalue weighted by atomic mass is 9.74. The Labute approximate surface area is 139 Å². The van der Waals surface area contributed by atoms with Gasteiger partial charge in [-0.3, -0.25) is 9.59 Å². The molecule has 0 aliphatic heterocycles. The maximum Gasteiger partial charge on any atom is 0.228 e. The van der Waals surface area contributed by atoms with E-state index in [1.165, 1.54) is 19.8 Å². The van der Waals surface area contributed by atoms with Crippen LogP contribution in [-0.4, -0.2) is 25.8 Å². The third-order valence-electron chi connectivity index (χ3n) is 3.95. The SMILES string of the molecule is COC1=C(OC)C(=O)C(C(C)(C)/C=C(\C)CC(C)C)=C(C)C1=O. The monoisotopic (exact) mass is 320 g/mol. The van der Waals surface area contributed by atoms with Crippen LogP contribution >= 0.6 is 0 Å². The van der Waals surface area contributed by atoms with E-state index in [1.54, 1.807) is 6.92 Å². The fourth-order valence-electron chi connectivity index (χ4n) is 3.31. The second-order valence-electron chi connectivity index (χ2n) is 7.04. The lowest BCUT2D eigenvalue weighted by molar-refractivity contribution is -0.121. The van der Waals surface area contributed by atoms with E-state index in [-0.39, 0.29) is 23.1 Å². The van der Waals surface area contributed by atoms with Gasteiger partial charge in [-0.2, -0.15) is 0 Å². The third-order valence-corrected chi connectivity index (χ3v) is 3.95. The molecule has 0 aromatic heterocycles. The lowest BCUT2D eigenvalue weighted by Gasteiger charge is -2.30. The van der Waals surface area contributed by atoms with Crippen molar-refractivity contribution < 1.29 is 19.1 Å². The number of carbonyl (C=O) groups is 2. The fourth-order valence-corrected chi connectivity index (χ4v) is 3.31. The van der Waals surface area contributed by atoms with E-state index >= 15 is 0 Å². The molecule has 0 aromatic carbocycles. The van der Waals surface area contributed by atoms with Gasteiger partial charge in [0.25, 0.3) is 0 Å². The Bertz CT molecular complexity index is 601. The first kappa shape index (κ1) is 19.2. The number of methoxy groups -OCH3 is 2. The predicted octanol–water partition coefficient (Wildman–Crippen LogP) is 3.98. The minimum Gasteiger partial charge on any atom is -0.489 e. The van der Waals surface area contributed by atoms with Crippen LogP contribution in [0.4, 0.5) is 0 Å². The molecule has 0 amide bonds. The molecule has 1 aliphatic carbocycles. The number of ether oxygens (including phenoxy) is 2. The largest absolute Gasteiger partial charge is 0.489 e. The quantitative estimate of drug-likeness (QED) is 0.549. The van der Waals surface area contributed by atoms with Gasteiger partial charge in [-0.1, -0.05) is 39.3 Å². The molecule has 0 saturated heterocycles. The predicted molar refractivity (Wildman–Crippen MR) is 90.8 cm³/mol. The molecule has 0 bridgehead atoms. The second kappa shape index (κ2) is 7.16. The van der Waals surface area contributed by atoms with Gasteiger partial charge in [0, 0.05) is 16.6 Å². The van der Waals surface area contributed by atoms with Crippen LogP contribution in [0.25, 0.3) is 0 Å². The van der Waals surface area contributed by atoms with E-state index in [2.05, 4.69) is 26.8 Å². The summed E-state index contributed by atoms with van der Waals surface area (Å²) in [5.74, 6) is -0.0594. The highest BCUT2D eigenvalue weighted by atomic mass is 16.5. The molecule has 1 aliphatic rings. The summed E-state index contributed by atoms with van der Waals surface area (Å²) in [6, 6.07) is 0. The Balaban J connectivity index is 3.38. The molecule has 0 heterocycles. The van der Waals surface area contributed by atoms with Gasteiger partial charge in [0.15, 0.2) is 0 Å². The Kier molecular flexibility index (Phi) is 5.98. The average molecular weight is 320 g/mol. The van der Waals surface area contributed by atoms with Crippen molar-refractivity contribution in [1.82, 2.24) is 0 Å². The molecule has 0 fully saturated rings. The van der Waals surface area contributed by atoms with Gasteiger partial charge in [-0.15, -0.1) is 0 Å². The van der Waals surface area contributed by atoms with Gasteiger partial charge in [0.2, 0.25) is 23.1 Å². The van der Waals surface area contributed by atoms with Crippen molar-refractivity contribution in [3.63, 3.8) is 0 Å². The van der Waals surface area contributed by atoms with Crippen LogP contribution in [0, 0.1) is 11.3 Å². The number of Topliss-reactive ketones (excluding diaryl/α,β-unsaturated/α-hetero) is 2. The number of rotatable bonds is 6. The molecule has 23 heavy (non-hydrogen) atoms. The Morgan fingerprint density at radius 1 is 1.09 bits per heavy atom. The zero-order chi connectivity index (χ0) is 17.9. The summed E-state index contributed by atoms with van der Waals surface area (Å²) in [5, 5.41) is 0. The normalized spacial score (nSPS) is 17.3. The second-order valence-corrected chi connectivity index (χ2v) is 7.04. The van der Waals surface area contributed by atoms with E-state index in [0.29, 0.717) is 17.1 Å². The molecule has 0 saturated carbocycles. The van der Waals surface area contributed by atoms with Crippen molar-refractivity contribution in [3.05, 3.63) is 34.3 Å². The molecule has 0 atom stereocenters. The van der Waals surface area contributed by atoms with E-state index in [1.807, 2.05) is 13.8 Å². The van der Waals surface area contributed by atoms with E-state index in [9.17, 15) is 9.59 Å². The maximum absolute atomic E-state index is 12.8. The minimum atomic E-state index is -0.557. The summed E-state index contributed by atoms with van der Waals surface area (Å²) in [5.41, 5.74) is 1.54. The van der Waals surface area contributed by atoms with Gasteiger partial charge >= 0.3 is 0 Å². The minimum absolute atomic E-state index is 0.0129. The zero-order valence-electron chi connectivity index (χ0n) is 15.5. The molecule has 1 rings (SSSR count). The topological polar surface area (TPSA) is 52.6 Å². The first-order chi connectivity index (χ1) is 10.6. The van der Waals surface area contributed by atoms with Crippen LogP contribution in [0.2, 0.25) is 0 Å². The highest BCUT2D eigenvalue weighted by molar-refractivity contribution is 6.24. The summed E-state index contributed by atoms with van der Waals surface area (Å²) in [7, 11) is 2.75. The molecule has 0 unspecified atom stereocenters. The summed E-state index contributed by atoms with van der Waals surface area (Å²) >= 11 is 0. The molecule has 0 spiro atoms. The highest BCUT2D eigenvalue weighted by Crippen LogP contribution is 2.39. The van der Waals surface area contributed by atoms with Gasteiger partial charge < -0.3 is 9.47 Å². The number of carbonyl (C=O) groups excluding carboxylic acids is 2. The molecule has 0 N–H and O–H groups in total. The molecule has 0 aromatic rings. The van der Waals surface area contributed by atoms with Crippen LogP contribution in [0.3, 0.4) is 0 Å². The van der Waals surface area contributed by atoms with Crippen LogP contribution in [0.5, 0.6) is 0 Å². The first-order valence-electron chi connectivity index (χ1n) is 7.88. The molecule has 0 radical (unpaired) electrons. The Morgan fingerprint density at radius 3 is 2.00 bits per heavy atom. The van der Waals surface area contributed by atoms with E-state index in [4.69, 9.17) is 9.47 Å². The number of ketones is 2. The molecular weight excluding hydrogens is 292 g/mol. The van der Waals surface area contributed by atoms with Crippen LogP contribution in [0.15, 0.2) is 34.3 Å². The zero-order valence-corrected chi connectivity index (χ0v) is 15.5. The van der Waals surface area contributed by atoms with Gasteiger partial charge in [0.05, 0.1) is 14.2 Å². The maximum atomic E-state index is 12.8. The first-order valence-corrected chi connectivity index (χ1v) is 7.88. The molecule has 128 valence electrons. The van der Waals surface area contributed by atoms with Crippen LogP contribution in [0.1, 0.15) is 48.0 Å². The molecule has 4 heteroatoms. The van der Waals surface area contributed by atoms with Crippen molar-refractivity contribution in [2.75, 3.05) is 14.2 Å². The van der Waals surface area contributed by atoms with Gasteiger partial charge in [-0.05, 0) is 26.2 Å². The van der Waals surface area contributed by atoms with Crippen molar-refractivity contribution in [2.45, 2.75) is 48.0 Å². The van der Waals surface area contributed by atoms with Gasteiger partial charge in [0.1, 0.15) is 0 Å². The van der Waals surface area contributed by atoms with Crippen molar-refractivity contribution in [3.8, 4) is 0 Å². The smallest absolute Gasteiger partial charge is 0.228 e. The summed E-state index contributed by atoms with van der Waals surface area (Å²) < 4.78 is 10.2. The highest BCUT2D eigenvalue weighted by Gasteiger charge is 2.40. The molecule has 4 nitrogen and oxygen atoms in total. The fraction of sp³-hybridized carbons (Fsp3) is 0.579. The summed E-state index contributed by atoms with van der Waals surface area (Å²) in [6.45, 7) is 11.9. The number of hydrogen-bond donors (Lipinski definition) is 0. The van der Waals surface area contributed by atoms with Crippen molar-refractivity contribution >= 4 is 11.6 Å². The summed E-state index contributed by atoms with van der Waals surface area (Å²) in [4.78, 5) is 25.3. The van der Waals surface area contributed by atoms with E-state index < -0.39 is 5.41 Å².